The molecular weight excluding hydrogens is 226 g/mol. The minimum absolute atomic E-state index is 0.0716. The van der Waals surface area contributed by atoms with Gasteiger partial charge < -0.3 is 5.11 Å². The lowest BCUT2D eigenvalue weighted by atomic mass is 9.93. The Morgan fingerprint density at radius 3 is 2.31 bits per heavy atom. The molecule has 0 aliphatic heterocycles. The van der Waals surface area contributed by atoms with Gasteiger partial charge in [-0.3, -0.25) is 0 Å². The summed E-state index contributed by atoms with van der Waals surface area (Å²) in [5.41, 5.74) is 0. The maximum absolute atomic E-state index is 12.2. The van der Waals surface area contributed by atoms with Crippen molar-refractivity contribution < 1.29 is 13.5 Å². The van der Waals surface area contributed by atoms with Gasteiger partial charge in [-0.05, 0) is 38.0 Å². The molecule has 1 N–H and O–H groups in total. The van der Waals surface area contributed by atoms with E-state index < -0.39 is 10.0 Å². The summed E-state index contributed by atoms with van der Waals surface area (Å²) in [5, 5.41) is 8.83. The fraction of sp³-hybridized carbons (Fsp3) is 1.00. The van der Waals surface area contributed by atoms with Gasteiger partial charge in [0, 0.05) is 19.2 Å². The molecule has 2 aliphatic rings. The summed E-state index contributed by atoms with van der Waals surface area (Å²) < 4.78 is 26.0. The van der Waals surface area contributed by atoms with E-state index >= 15 is 0 Å². The van der Waals surface area contributed by atoms with Gasteiger partial charge in [0.1, 0.15) is 0 Å². The van der Waals surface area contributed by atoms with Gasteiger partial charge in [0.2, 0.25) is 10.0 Å². The largest absolute Gasteiger partial charge is 0.396 e. The topological polar surface area (TPSA) is 57.6 Å². The van der Waals surface area contributed by atoms with Crippen molar-refractivity contribution in [3.8, 4) is 0 Å². The van der Waals surface area contributed by atoms with E-state index in [-0.39, 0.29) is 12.6 Å². The summed E-state index contributed by atoms with van der Waals surface area (Å²) in [5.74, 6) is 0.733. The van der Waals surface area contributed by atoms with E-state index in [4.69, 9.17) is 5.11 Å². The van der Waals surface area contributed by atoms with Crippen molar-refractivity contribution in [1.82, 2.24) is 4.31 Å². The highest BCUT2D eigenvalue weighted by Crippen LogP contribution is 2.34. The number of hydrogen-bond acceptors (Lipinski definition) is 3. The van der Waals surface area contributed by atoms with Crippen LogP contribution in [0.4, 0.5) is 0 Å². The van der Waals surface area contributed by atoms with Crippen molar-refractivity contribution in [3.63, 3.8) is 0 Å². The van der Waals surface area contributed by atoms with Gasteiger partial charge in [0.05, 0.1) is 5.75 Å². The normalized spacial score (nSPS) is 22.4. The lowest BCUT2D eigenvalue weighted by Crippen LogP contribution is -2.46. The predicted molar refractivity (Wildman–Crippen MR) is 62.6 cm³/mol. The summed E-state index contributed by atoms with van der Waals surface area (Å²) >= 11 is 0. The van der Waals surface area contributed by atoms with Gasteiger partial charge >= 0.3 is 0 Å². The van der Waals surface area contributed by atoms with Crippen molar-refractivity contribution in [2.75, 3.05) is 18.9 Å². The first-order chi connectivity index (χ1) is 7.63. The third-order valence-electron chi connectivity index (χ3n) is 3.52. The Kier molecular flexibility index (Phi) is 3.87. The van der Waals surface area contributed by atoms with Crippen LogP contribution in [0.1, 0.15) is 38.5 Å². The summed E-state index contributed by atoms with van der Waals surface area (Å²) in [4.78, 5) is 0. The molecule has 0 aromatic rings. The molecule has 0 radical (unpaired) electrons. The highest BCUT2D eigenvalue weighted by molar-refractivity contribution is 7.89. The Labute approximate surface area is 97.7 Å². The van der Waals surface area contributed by atoms with E-state index in [0.717, 1.165) is 32.1 Å². The molecule has 2 saturated carbocycles. The first-order valence-electron chi connectivity index (χ1n) is 6.24. The van der Waals surface area contributed by atoms with Crippen LogP contribution < -0.4 is 0 Å². The molecule has 94 valence electrons. The maximum atomic E-state index is 12.2. The van der Waals surface area contributed by atoms with Gasteiger partial charge in [0.25, 0.3) is 0 Å². The average molecular weight is 247 g/mol. The van der Waals surface area contributed by atoms with E-state index in [9.17, 15) is 8.42 Å². The zero-order valence-electron chi connectivity index (χ0n) is 9.64. The number of sulfonamides is 1. The van der Waals surface area contributed by atoms with Gasteiger partial charge in [-0.15, -0.1) is 0 Å². The van der Waals surface area contributed by atoms with Crippen LogP contribution in [0.5, 0.6) is 0 Å². The third kappa shape index (κ3) is 2.96. The number of rotatable bonds is 7. The Bertz CT molecular complexity index is 320. The van der Waals surface area contributed by atoms with Crippen LogP contribution in [-0.4, -0.2) is 42.8 Å². The Morgan fingerprint density at radius 1 is 1.19 bits per heavy atom. The third-order valence-corrected chi connectivity index (χ3v) is 5.61. The Morgan fingerprint density at radius 2 is 1.88 bits per heavy atom. The molecule has 2 fully saturated rings. The van der Waals surface area contributed by atoms with Crippen LogP contribution in [0.15, 0.2) is 0 Å². The second-order valence-corrected chi connectivity index (χ2v) is 6.96. The standard InChI is InChI=1S/C11H21NO3S/c13-8-2-7-12(11-3-1-4-11)16(14,15)9-10-5-6-10/h10-11,13H,1-9H2. The Balaban J connectivity index is 1.97. The quantitative estimate of drug-likeness (QED) is 0.729. The first kappa shape index (κ1) is 12.3. The molecule has 16 heavy (non-hydrogen) atoms. The molecule has 0 spiro atoms. The first-order valence-corrected chi connectivity index (χ1v) is 7.85. The SMILES string of the molecule is O=S(=O)(CC1CC1)N(CCCO)C1CCC1. The van der Waals surface area contributed by atoms with Crippen LogP contribution in [0, 0.1) is 5.92 Å². The van der Waals surface area contributed by atoms with E-state index in [1.165, 1.54) is 0 Å². The van der Waals surface area contributed by atoms with Crippen molar-refractivity contribution >= 4 is 10.0 Å². The fourth-order valence-corrected chi connectivity index (χ4v) is 4.32. The van der Waals surface area contributed by atoms with E-state index in [1.807, 2.05) is 0 Å². The highest BCUT2D eigenvalue weighted by atomic mass is 32.2. The van der Waals surface area contributed by atoms with Crippen LogP contribution in [0.2, 0.25) is 0 Å². The van der Waals surface area contributed by atoms with Crippen LogP contribution >= 0.6 is 0 Å². The van der Waals surface area contributed by atoms with Crippen LogP contribution in [0.25, 0.3) is 0 Å². The highest BCUT2D eigenvalue weighted by Gasteiger charge is 2.37. The fourth-order valence-electron chi connectivity index (χ4n) is 2.13. The van der Waals surface area contributed by atoms with E-state index in [2.05, 4.69) is 0 Å². The van der Waals surface area contributed by atoms with Gasteiger partial charge in [0.15, 0.2) is 0 Å². The van der Waals surface area contributed by atoms with E-state index in [0.29, 0.717) is 24.6 Å². The minimum Gasteiger partial charge on any atom is -0.396 e. The monoisotopic (exact) mass is 247 g/mol. The van der Waals surface area contributed by atoms with Crippen molar-refractivity contribution in [2.24, 2.45) is 5.92 Å². The van der Waals surface area contributed by atoms with Crippen molar-refractivity contribution in [2.45, 2.75) is 44.6 Å². The lowest BCUT2D eigenvalue weighted by molar-refractivity contribution is 0.198. The molecule has 2 aliphatic carbocycles. The maximum Gasteiger partial charge on any atom is 0.214 e. The number of nitrogens with zero attached hydrogens (tertiary/aromatic N) is 1. The van der Waals surface area contributed by atoms with Crippen LogP contribution in [0.3, 0.4) is 0 Å². The molecule has 0 saturated heterocycles. The number of hydrogen-bond donors (Lipinski definition) is 1. The summed E-state index contributed by atoms with van der Waals surface area (Å²) in [6, 6.07) is 0.218. The van der Waals surface area contributed by atoms with E-state index in [1.54, 1.807) is 4.31 Å². The molecular formula is C11H21NO3S. The van der Waals surface area contributed by atoms with Crippen LogP contribution in [-0.2, 0) is 10.0 Å². The molecule has 0 unspecified atom stereocenters. The molecule has 0 aromatic heterocycles. The molecule has 0 atom stereocenters. The predicted octanol–water partition coefficient (Wildman–Crippen LogP) is 0.963. The number of aliphatic hydroxyl groups excluding tert-OH is 1. The summed E-state index contributed by atoms with van der Waals surface area (Å²) in [7, 11) is -3.07. The minimum atomic E-state index is -3.07. The van der Waals surface area contributed by atoms with Gasteiger partial charge in [-0.2, -0.15) is 4.31 Å². The zero-order chi connectivity index (χ0) is 11.6. The van der Waals surface area contributed by atoms with Crippen molar-refractivity contribution in [3.05, 3.63) is 0 Å². The Hall–Kier alpha value is -0.130. The molecule has 0 aromatic carbocycles. The molecule has 5 heteroatoms. The smallest absolute Gasteiger partial charge is 0.214 e. The second kappa shape index (κ2) is 5.02. The second-order valence-electron chi connectivity index (χ2n) is 4.99. The average Bonchev–Trinajstić information content (AvgIpc) is 2.91. The number of aliphatic hydroxyl groups is 1. The zero-order valence-corrected chi connectivity index (χ0v) is 10.5. The molecule has 2 rings (SSSR count). The molecule has 0 heterocycles. The van der Waals surface area contributed by atoms with Gasteiger partial charge in [-0.1, -0.05) is 6.42 Å². The molecule has 0 bridgehead atoms. The lowest BCUT2D eigenvalue weighted by Gasteiger charge is -2.36. The molecule has 0 amide bonds. The van der Waals surface area contributed by atoms with Gasteiger partial charge in [-0.25, -0.2) is 8.42 Å². The molecule has 4 nitrogen and oxygen atoms in total. The summed E-state index contributed by atoms with van der Waals surface area (Å²) in [6.07, 6.45) is 5.82. The van der Waals surface area contributed by atoms with Crippen molar-refractivity contribution in [1.29, 1.82) is 0 Å². The summed E-state index contributed by atoms with van der Waals surface area (Å²) in [6.45, 7) is 0.568.